The molecule has 2 amide bonds. The Bertz CT molecular complexity index is 512. The summed E-state index contributed by atoms with van der Waals surface area (Å²) in [4.78, 5) is 23.4. The Labute approximate surface area is 125 Å². The first-order valence-electron chi connectivity index (χ1n) is 6.97. The van der Waals surface area contributed by atoms with Gasteiger partial charge in [0.15, 0.2) is 0 Å². The highest BCUT2D eigenvalue weighted by atomic mass is 16.5. The van der Waals surface area contributed by atoms with Gasteiger partial charge in [0.05, 0.1) is 7.11 Å². The lowest BCUT2D eigenvalue weighted by Crippen LogP contribution is -2.44. The smallest absolute Gasteiger partial charge is 0.244 e. The molecule has 114 valence electrons. The second-order valence-corrected chi connectivity index (χ2v) is 4.63. The van der Waals surface area contributed by atoms with Gasteiger partial charge in [0.2, 0.25) is 11.8 Å². The van der Waals surface area contributed by atoms with Crippen LogP contribution in [0.3, 0.4) is 0 Å². The van der Waals surface area contributed by atoms with Crippen LogP contribution >= 0.6 is 0 Å². The van der Waals surface area contributed by atoms with Crippen LogP contribution < -0.4 is 15.4 Å². The van der Waals surface area contributed by atoms with Crippen molar-refractivity contribution in [1.29, 1.82) is 0 Å². The van der Waals surface area contributed by atoms with Crippen LogP contribution in [0.4, 0.5) is 0 Å². The average molecular weight is 290 g/mol. The highest BCUT2D eigenvalue weighted by Crippen LogP contribution is 2.13. The highest BCUT2D eigenvalue weighted by Gasteiger charge is 2.12. The molecule has 0 spiro atoms. The van der Waals surface area contributed by atoms with E-state index in [9.17, 15) is 9.59 Å². The van der Waals surface area contributed by atoms with Gasteiger partial charge >= 0.3 is 0 Å². The van der Waals surface area contributed by atoms with Gasteiger partial charge in [-0.2, -0.15) is 0 Å². The number of hydrogen-bond donors (Lipinski definition) is 2. The average Bonchev–Trinajstić information content (AvgIpc) is 2.50. The predicted octanol–water partition coefficient (Wildman–Crippen LogP) is 1.74. The lowest BCUT2D eigenvalue weighted by Gasteiger charge is -2.12. The monoisotopic (exact) mass is 290 g/mol. The quantitative estimate of drug-likeness (QED) is 0.752. The Kier molecular flexibility index (Phi) is 7.01. The summed E-state index contributed by atoms with van der Waals surface area (Å²) >= 11 is 0. The number of rotatable bonds is 7. The molecule has 1 rings (SSSR count). The number of methoxy groups -OCH3 is 1. The molecule has 0 bridgehead atoms. The van der Waals surface area contributed by atoms with E-state index in [2.05, 4.69) is 10.6 Å². The molecule has 0 aliphatic heterocycles. The molecule has 0 heterocycles. The van der Waals surface area contributed by atoms with Crippen molar-refractivity contribution in [1.82, 2.24) is 10.6 Å². The lowest BCUT2D eigenvalue weighted by atomic mass is 10.2. The minimum atomic E-state index is -0.556. The maximum absolute atomic E-state index is 11.8. The molecular weight excluding hydrogens is 268 g/mol. The molecule has 1 atom stereocenters. The topological polar surface area (TPSA) is 67.4 Å². The molecule has 0 unspecified atom stereocenters. The summed E-state index contributed by atoms with van der Waals surface area (Å²) in [5.74, 6) is 0.238. The molecule has 0 aliphatic rings. The number of carbonyl (C=O) groups excluding carboxylic acids is 2. The standard InChI is InChI=1S/C16H22N2O3/c1-4-10-17-16(20)12(2)18-15(19)9-8-13-6-5-7-14(11-13)21-3/h5-9,11-12H,4,10H2,1-3H3,(H,17,20)(H,18,19)/b9-8+/t12-/m0/s1. The number of benzene rings is 1. The van der Waals surface area contributed by atoms with Gasteiger partial charge in [-0.3, -0.25) is 9.59 Å². The minimum Gasteiger partial charge on any atom is -0.497 e. The van der Waals surface area contributed by atoms with E-state index in [0.717, 1.165) is 17.7 Å². The molecular formula is C16H22N2O3. The van der Waals surface area contributed by atoms with Crippen molar-refractivity contribution in [3.63, 3.8) is 0 Å². The van der Waals surface area contributed by atoms with Crippen LogP contribution in [0.2, 0.25) is 0 Å². The largest absolute Gasteiger partial charge is 0.497 e. The first-order chi connectivity index (χ1) is 10.1. The number of amides is 2. The minimum absolute atomic E-state index is 0.181. The second-order valence-electron chi connectivity index (χ2n) is 4.63. The van der Waals surface area contributed by atoms with Crippen LogP contribution in [-0.4, -0.2) is 31.5 Å². The van der Waals surface area contributed by atoms with Crippen molar-refractivity contribution >= 4 is 17.9 Å². The molecule has 5 heteroatoms. The molecule has 0 aliphatic carbocycles. The van der Waals surface area contributed by atoms with Crippen molar-refractivity contribution in [2.75, 3.05) is 13.7 Å². The molecule has 5 nitrogen and oxygen atoms in total. The fraction of sp³-hybridized carbons (Fsp3) is 0.375. The Hall–Kier alpha value is -2.30. The summed E-state index contributed by atoms with van der Waals surface area (Å²) in [7, 11) is 1.59. The van der Waals surface area contributed by atoms with Gasteiger partial charge < -0.3 is 15.4 Å². The molecule has 21 heavy (non-hydrogen) atoms. The summed E-state index contributed by atoms with van der Waals surface area (Å²) in [6.07, 6.45) is 3.94. The molecule has 0 saturated heterocycles. The summed E-state index contributed by atoms with van der Waals surface area (Å²) in [6, 6.07) is 6.80. The third kappa shape index (κ3) is 6.12. The summed E-state index contributed by atoms with van der Waals surface area (Å²) in [6.45, 7) is 4.24. The van der Waals surface area contributed by atoms with E-state index >= 15 is 0 Å². The molecule has 0 fully saturated rings. The van der Waals surface area contributed by atoms with Gasteiger partial charge in [0.25, 0.3) is 0 Å². The van der Waals surface area contributed by atoms with Gasteiger partial charge in [-0.1, -0.05) is 19.1 Å². The van der Waals surface area contributed by atoms with Crippen molar-refractivity contribution in [2.24, 2.45) is 0 Å². The van der Waals surface area contributed by atoms with E-state index in [1.165, 1.54) is 6.08 Å². The second kappa shape index (κ2) is 8.79. The van der Waals surface area contributed by atoms with Crippen LogP contribution in [0.5, 0.6) is 5.75 Å². The molecule has 0 radical (unpaired) electrons. The van der Waals surface area contributed by atoms with Crippen molar-refractivity contribution in [3.05, 3.63) is 35.9 Å². The predicted molar refractivity (Wildman–Crippen MR) is 82.9 cm³/mol. The zero-order chi connectivity index (χ0) is 15.7. The van der Waals surface area contributed by atoms with Gasteiger partial charge in [-0.15, -0.1) is 0 Å². The number of nitrogens with one attached hydrogen (secondary N) is 2. The van der Waals surface area contributed by atoms with Crippen molar-refractivity contribution < 1.29 is 14.3 Å². The maximum Gasteiger partial charge on any atom is 0.244 e. The van der Waals surface area contributed by atoms with E-state index in [0.29, 0.717) is 6.54 Å². The van der Waals surface area contributed by atoms with Crippen molar-refractivity contribution in [2.45, 2.75) is 26.3 Å². The molecule has 1 aromatic carbocycles. The Morgan fingerprint density at radius 1 is 1.38 bits per heavy atom. The third-order valence-electron chi connectivity index (χ3n) is 2.82. The number of ether oxygens (including phenoxy) is 1. The van der Waals surface area contributed by atoms with Gasteiger partial charge in [-0.25, -0.2) is 0 Å². The number of hydrogen-bond acceptors (Lipinski definition) is 3. The summed E-state index contributed by atoms with van der Waals surface area (Å²) in [5, 5.41) is 5.35. The maximum atomic E-state index is 11.8. The van der Waals surface area contributed by atoms with E-state index in [-0.39, 0.29) is 11.8 Å². The number of carbonyl (C=O) groups is 2. The highest BCUT2D eigenvalue weighted by molar-refractivity contribution is 5.95. The normalized spacial score (nSPS) is 12.0. The molecule has 0 aromatic heterocycles. The summed E-state index contributed by atoms with van der Waals surface area (Å²) < 4.78 is 5.11. The fourth-order valence-corrected chi connectivity index (χ4v) is 1.65. The Morgan fingerprint density at radius 2 is 2.14 bits per heavy atom. The van der Waals surface area contributed by atoms with Gasteiger partial charge in [0.1, 0.15) is 11.8 Å². The molecule has 0 saturated carbocycles. The van der Waals surface area contributed by atoms with Crippen LogP contribution in [0.25, 0.3) is 6.08 Å². The SMILES string of the molecule is CCCNC(=O)[C@H](C)NC(=O)/C=C/c1cccc(OC)c1. The van der Waals surface area contributed by atoms with Crippen LogP contribution in [-0.2, 0) is 9.59 Å². The van der Waals surface area contributed by atoms with E-state index < -0.39 is 6.04 Å². The molecule has 1 aromatic rings. The van der Waals surface area contributed by atoms with Gasteiger partial charge in [-0.05, 0) is 37.1 Å². The first-order valence-corrected chi connectivity index (χ1v) is 6.97. The first kappa shape index (κ1) is 16.8. The Morgan fingerprint density at radius 3 is 2.81 bits per heavy atom. The van der Waals surface area contributed by atoms with Crippen LogP contribution in [0, 0.1) is 0 Å². The van der Waals surface area contributed by atoms with E-state index in [1.54, 1.807) is 20.1 Å². The van der Waals surface area contributed by atoms with E-state index in [1.807, 2.05) is 31.2 Å². The van der Waals surface area contributed by atoms with E-state index in [4.69, 9.17) is 4.74 Å². The van der Waals surface area contributed by atoms with Crippen LogP contribution in [0.1, 0.15) is 25.8 Å². The molecule has 2 N–H and O–H groups in total. The summed E-state index contributed by atoms with van der Waals surface area (Å²) in [5.41, 5.74) is 0.854. The van der Waals surface area contributed by atoms with Crippen LogP contribution in [0.15, 0.2) is 30.3 Å². The zero-order valence-corrected chi connectivity index (χ0v) is 12.7. The third-order valence-corrected chi connectivity index (χ3v) is 2.82. The van der Waals surface area contributed by atoms with Crippen molar-refractivity contribution in [3.8, 4) is 5.75 Å². The Balaban J connectivity index is 2.52. The zero-order valence-electron chi connectivity index (χ0n) is 12.7. The lowest BCUT2D eigenvalue weighted by molar-refractivity contribution is -0.126. The fourth-order valence-electron chi connectivity index (χ4n) is 1.65. The van der Waals surface area contributed by atoms with Gasteiger partial charge in [0, 0.05) is 12.6 Å².